The summed E-state index contributed by atoms with van der Waals surface area (Å²) in [6.07, 6.45) is 1.64. The Morgan fingerprint density at radius 2 is 2.11 bits per heavy atom. The van der Waals surface area contributed by atoms with E-state index < -0.39 is 0 Å². The molecule has 0 fully saturated rings. The lowest BCUT2D eigenvalue weighted by molar-refractivity contribution is -0.113. The monoisotopic (exact) mass is 443 g/mol. The summed E-state index contributed by atoms with van der Waals surface area (Å²) in [4.78, 5) is 29.6. The number of fused-ring (bicyclic) bond motifs is 1. The predicted octanol–water partition coefficient (Wildman–Crippen LogP) is 4.38. The molecule has 7 heteroatoms. The fourth-order valence-corrected chi connectivity index (χ4v) is 3.99. The van der Waals surface area contributed by atoms with E-state index in [-0.39, 0.29) is 17.2 Å². The Labute approximate surface area is 169 Å². The Bertz CT molecular complexity index is 1080. The van der Waals surface area contributed by atoms with Crippen molar-refractivity contribution in [3.63, 3.8) is 0 Å². The van der Waals surface area contributed by atoms with Crippen LogP contribution in [0.4, 0.5) is 5.69 Å². The number of benzene rings is 2. The fraction of sp³-hybridized carbons (Fsp3) is 0.150. The van der Waals surface area contributed by atoms with Crippen LogP contribution in [0.15, 0.2) is 69.5 Å². The maximum Gasteiger partial charge on any atom is 0.262 e. The second-order valence-electron chi connectivity index (χ2n) is 5.94. The third kappa shape index (κ3) is 4.48. The van der Waals surface area contributed by atoms with Crippen molar-refractivity contribution in [3.05, 3.63) is 75.5 Å². The SMILES string of the molecule is C=CCn1c(SCC(=O)Nc2ccc(C)cc2Br)nc2ccccc2c1=O. The second-order valence-corrected chi connectivity index (χ2v) is 7.73. The molecule has 0 radical (unpaired) electrons. The lowest BCUT2D eigenvalue weighted by Crippen LogP contribution is -2.23. The summed E-state index contributed by atoms with van der Waals surface area (Å²) in [5.41, 5.74) is 2.29. The van der Waals surface area contributed by atoms with Gasteiger partial charge in [0.1, 0.15) is 0 Å². The normalized spacial score (nSPS) is 10.7. The lowest BCUT2D eigenvalue weighted by atomic mass is 10.2. The number of halogens is 1. The number of nitrogens with one attached hydrogen (secondary N) is 1. The highest BCUT2D eigenvalue weighted by Crippen LogP contribution is 2.24. The van der Waals surface area contributed by atoms with Gasteiger partial charge in [-0.2, -0.15) is 0 Å². The fourth-order valence-electron chi connectivity index (χ4n) is 2.59. The highest BCUT2D eigenvalue weighted by atomic mass is 79.9. The summed E-state index contributed by atoms with van der Waals surface area (Å²) in [7, 11) is 0. The maximum atomic E-state index is 12.7. The Hall–Kier alpha value is -2.38. The quantitative estimate of drug-likeness (QED) is 0.348. The van der Waals surface area contributed by atoms with Crippen LogP contribution < -0.4 is 10.9 Å². The van der Waals surface area contributed by atoms with Crippen molar-refractivity contribution >= 4 is 50.2 Å². The maximum absolute atomic E-state index is 12.7. The summed E-state index contributed by atoms with van der Waals surface area (Å²) < 4.78 is 2.36. The topological polar surface area (TPSA) is 64.0 Å². The van der Waals surface area contributed by atoms with Crippen molar-refractivity contribution < 1.29 is 4.79 Å². The van der Waals surface area contributed by atoms with Crippen LogP contribution in [0.25, 0.3) is 10.9 Å². The molecular formula is C20H18BrN3O2S. The smallest absolute Gasteiger partial charge is 0.262 e. The van der Waals surface area contributed by atoms with Gasteiger partial charge in [0.2, 0.25) is 5.91 Å². The van der Waals surface area contributed by atoms with E-state index in [0.717, 1.165) is 10.0 Å². The first kappa shape index (κ1) is 19.4. The van der Waals surface area contributed by atoms with Gasteiger partial charge < -0.3 is 5.32 Å². The lowest BCUT2D eigenvalue weighted by Gasteiger charge is -2.12. The van der Waals surface area contributed by atoms with Gasteiger partial charge in [0.05, 0.1) is 22.3 Å². The Balaban J connectivity index is 1.81. The molecule has 3 aromatic rings. The molecule has 138 valence electrons. The van der Waals surface area contributed by atoms with Gasteiger partial charge in [-0.3, -0.25) is 14.2 Å². The van der Waals surface area contributed by atoms with E-state index in [2.05, 4.69) is 32.8 Å². The van der Waals surface area contributed by atoms with Crippen LogP contribution in [0, 0.1) is 6.92 Å². The van der Waals surface area contributed by atoms with E-state index in [1.54, 1.807) is 18.2 Å². The van der Waals surface area contributed by atoms with Gasteiger partial charge in [-0.15, -0.1) is 6.58 Å². The van der Waals surface area contributed by atoms with Crippen LogP contribution in [-0.2, 0) is 11.3 Å². The summed E-state index contributed by atoms with van der Waals surface area (Å²) in [5, 5.41) is 3.92. The molecule has 0 atom stereocenters. The van der Waals surface area contributed by atoms with Crippen LogP contribution in [0.1, 0.15) is 5.56 Å². The van der Waals surface area contributed by atoms with E-state index in [1.165, 1.54) is 16.3 Å². The van der Waals surface area contributed by atoms with Crippen molar-refractivity contribution in [1.29, 1.82) is 0 Å². The van der Waals surface area contributed by atoms with E-state index in [0.29, 0.717) is 28.3 Å². The molecule has 0 unspecified atom stereocenters. The van der Waals surface area contributed by atoms with E-state index in [9.17, 15) is 9.59 Å². The largest absolute Gasteiger partial charge is 0.324 e. The van der Waals surface area contributed by atoms with Gasteiger partial charge in [-0.05, 0) is 52.7 Å². The average Bonchev–Trinajstić information content (AvgIpc) is 2.65. The van der Waals surface area contributed by atoms with Crippen LogP contribution in [-0.4, -0.2) is 21.2 Å². The number of aromatic nitrogens is 2. The number of carbonyl (C=O) groups excluding carboxylic acids is 1. The zero-order valence-corrected chi connectivity index (χ0v) is 17.1. The minimum absolute atomic E-state index is 0.135. The molecule has 5 nitrogen and oxygen atoms in total. The molecule has 0 aliphatic carbocycles. The molecular weight excluding hydrogens is 426 g/mol. The number of amides is 1. The predicted molar refractivity (Wildman–Crippen MR) is 114 cm³/mol. The first-order valence-corrected chi connectivity index (χ1v) is 10.1. The van der Waals surface area contributed by atoms with Gasteiger partial charge >= 0.3 is 0 Å². The number of anilines is 1. The number of nitrogens with zero attached hydrogens (tertiary/aromatic N) is 2. The number of para-hydroxylation sites is 1. The molecule has 0 aliphatic rings. The van der Waals surface area contributed by atoms with E-state index >= 15 is 0 Å². The summed E-state index contributed by atoms with van der Waals surface area (Å²) in [6.45, 7) is 6.02. The molecule has 0 saturated carbocycles. The third-order valence-electron chi connectivity index (χ3n) is 3.87. The molecule has 1 heterocycles. The van der Waals surface area contributed by atoms with Crippen LogP contribution in [0.2, 0.25) is 0 Å². The van der Waals surface area contributed by atoms with Crippen LogP contribution >= 0.6 is 27.7 Å². The highest BCUT2D eigenvalue weighted by Gasteiger charge is 2.13. The van der Waals surface area contributed by atoms with Gasteiger partial charge in [0, 0.05) is 11.0 Å². The number of thioether (sulfide) groups is 1. The van der Waals surface area contributed by atoms with Gasteiger partial charge in [0.25, 0.3) is 5.56 Å². The van der Waals surface area contributed by atoms with Crippen molar-refractivity contribution in [3.8, 4) is 0 Å². The Morgan fingerprint density at radius 1 is 1.33 bits per heavy atom. The average molecular weight is 444 g/mol. The number of hydrogen-bond acceptors (Lipinski definition) is 4. The molecule has 1 aromatic heterocycles. The third-order valence-corrected chi connectivity index (χ3v) is 5.50. The number of hydrogen-bond donors (Lipinski definition) is 1. The number of aryl methyl sites for hydroxylation is 1. The molecule has 0 saturated heterocycles. The first-order chi connectivity index (χ1) is 13.0. The molecule has 0 aliphatic heterocycles. The van der Waals surface area contributed by atoms with E-state index in [1.807, 2.05) is 37.3 Å². The number of rotatable bonds is 6. The first-order valence-electron chi connectivity index (χ1n) is 8.29. The number of carbonyl (C=O) groups is 1. The summed E-state index contributed by atoms with van der Waals surface area (Å²) in [6, 6.07) is 12.9. The molecule has 0 spiro atoms. The van der Waals surface area contributed by atoms with E-state index in [4.69, 9.17) is 0 Å². The Morgan fingerprint density at radius 3 is 2.85 bits per heavy atom. The molecule has 27 heavy (non-hydrogen) atoms. The van der Waals surface area contributed by atoms with Crippen molar-refractivity contribution in [2.24, 2.45) is 0 Å². The minimum Gasteiger partial charge on any atom is -0.324 e. The van der Waals surface area contributed by atoms with Gasteiger partial charge in [-0.1, -0.05) is 36.0 Å². The standard InChI is InChI=1S/C20H18BrN3O2S/c1-3-10-24-19(26)14-6-4-5-7-16(14)23-20(24)27-12-18(25)22-17-9-8-13(2)11-15(17)21/h3-9,11H,1,10,12H2,2H3,(H,22,25). The molecule has 3 rings (SSSR count). The van der Waals surface area contributed by atoms with Crippen molar-refractivity contribution in [1.82, 2.24) is 9.55 Å². The summed E-state index contributed by atoms with van der Waals surface area (Å²) in [5.74, 6) is -0.0282. The Kier molecular flexibility index (Phi) is 6.13. The second kappa shape index (κ2) is 8.54. The van der Waals surface area contributed by atoms with Crippen molar-refractivity contribution in [2.75, 3.05) is 11.1 Å². The number of allylic oxidation sites excluding steroid dienone is 1. The zero-order chi connectivity index (χ0) is 19.4. The van der Waals surface area contributed by atoms with Gasteiger partial charge in [0.15, 0.2) is 5.16 Å². The molecule has 1 amide bonds. The van der Waals surface area contributed by atoms with Crippen LogP contribution in [0.5, 0.6) is 0 Å². The van der Waals surface area contributed by atoms with Crippen LogP contribution in [0.3, 0.4) is 0 Å². The van der Waals surface area contributed by atoms with Gasteiger partial charge in [-0.25, -0.2) is 4.98 Å². The summed E-state index contributed by atoms with van der Waals surface area (Å²) >= 11 is 4.68. The molecule has 2 aromatic carbocycles. The molecule has 0 bridgehead atoms. The minimum atomic E-state index is -0.169. The highest BCUT2D eigenvalue weighted by molar-refractivity contribution is 9.10. The zero-order valence-electron chi connectivity index (χ0n) is 14.7. The molecule has 1 N–H and O–H groups in total. The van der Waals surface area contributed by atoms with Crippen molar-refractivity contribution in [2.45, 2.75) is 18.6 Å².